The molecular weight excluding hydrogens is 816 g/mol. The van der Waals surface area contributed by atoms with Crippen molar-refractivity contribution in [2.75, 3.05) is 0 Å². The number of rotatable bonds is 14. The van der Waals surface area contributed by atoms with Crippen LogP contribution in [0.4, 0.5) is 4.39 Å². The molecule has 0 heterocycles. The Morgan fingerprint density at radius 2 is 1.16 bits per heavy atom. The van der Waals surface area contributed by atoms with E-state index in [1.165, 1.54) is 65.7 Å². The lowest BCUT2D eigenvalue weighted by atomic mass is 9.60. The molecule has 3 aliphatic carbocycles. The first-order valence-corrected chi connectivity index (χ1v) is 28.6. The molecule has 3 fully saturated rings. The van der Waals surface area contributed by atoms with Crippen LogP contribution in [0.3, 0.4) is 0 Å². The third kappa shape index (κ3) is 9.62. The van der Waals surface area contributed by atoms with Gasteiger partial charge in [-0.3, -0.25) is 0 Å². The van der Waals surface area contributed by atoms with Gasteiger partial charge in [0, 0.05) is 12.0 Å². The maximum Gasteiger partial charge on any atom is 0.261 e. The Kier molecular flexibility index (Phi) is 15.2. The lowest BCUT2D eigenvalue weighted by molar-refractivity contribution is 0.0928. The first-order valence-electron chi connectivity index (χ1n) is 24.8. The lowest BCUT2D eigenvalue weighted by Crippen LogP contribution is -2.69. The van der Waals surface area contributed by atoms with Gasteiger partial charge in [-0.05, 0) is 104 Å². The molecule has 0 bridgehead atoms. The SMILES string of the molecule is CC(C)CCC[C@@H](C)[C@H]1CC[C@H]2/C(=C/C=C3/C[C@@H](O[Si](c4ccccc4)(c4ccccc4)C(C)(C)C)C[C@H](O[Si](c4ccccc4)(c4ccccc4)C(C)(C)C)/C3=C\F)CCC[C@]12C. The van der Waals surface area contributed by atoms with E-state index >= 15 is 4.39 Å². The highest BCUT2D eigenvalue weighted by molar-refractivity contribution is 7.00. The minimum absolute atomic E-state index is 0.205. The number of halogens is 1. The van der Waals surface area contributed by atoms with Gasteiger partial charge in [-0.1, -0.05) is 228 Å². The molecule has 4 aromatic rings. The van der Waals surface area contributed by atoms with E-state index in [0.29, 0.717) is 29.7 Å². The van der Waals surface area contributed by atoms with Gasteiger partial charge in [-0.25, -0.2) is 4.39 Å². The van der Waals surface area contributed by atoms with Gasteiger partial charge in [0.2, 0.25) is 0 Å². The molecule has 0 radical (unpaired) electrons. The van der Waals surface area contributed by atoms with E-state index in [-0.39, 0.29) is 16.2 Å². The zero-order chi connectivity index (χ0) is 45.8. The van der Waals surface area contributed by atoms with Crippen LogP contribution in [0.25, 0.3) is 0 Å². The fourth-order valence-electron chi connectivity index (χ4n) is 12.8. The van der Waals surface area contributed by atoms with Crippen molar-refractivity contribution < 1.29 is 13.2 Å². The van der Waals surface area contributed by atoms with Crippen molar-refractivity contribution in [3.05, 3.63) is 157 Å². The van der Waals surface area contributed by atoms with Gasteiger partial charge >= 0.3 is 0 Å². The molecule has 5 heteroatoms. The Morgan fingerprint density at radius 3 is 1.61 bits per heavy atom. The average molecular weight is 895 g/mol. The highest BCUT2D eigenvalue weighted by atomic mass is 28.4. The predicted octanol–water partition coefficient (Wildman–Crippen LogP) is 14.1. The highest BCUT2D eigenvalue weighted by Crippen LogP contribution is 2.60. The molecule has 0 spiro atoms. The third-order valence-corrected chi connectivity index (χ3v) is 26.1. The molecule has 3 saturated carbocycles. The van der Waals surface area contributed by atoms with Crippen molar-refractivity contribution in [3.63, 3.8) is 0 Å². The van der Waals surface area contributed by atoms with Crippen molar-refractivity contribution in [2.24, 2.45) is 29.1 Å². The lowest BCUT2D eigenvalue weighted by Gasteiger charge is -2.49. The van der Waals surface area contributed by atoms with Crippen LogP contribution < -0.4 is 20.7 Å². The fraction of sp³-hybridized carbons (Fsp3) is 0.492. The van der Waals surface area contributed by atoms with E-state index in [4.69, 9.17) is 8.85 Å². The monoisotopic (exact) mass is 895 g/mol. The van der Waals surface area contributed by atoms with Gasteiger partial charge in [0.05, 0.1) is 18.5 Å². The van der Waals surface area contributed by atoms with Gasteiger partial charge in [-0.2, -0.15) is 0 Å². The van der Waals surface area contributed by atoms with Crippen LogP contribution in [0.2, 0.25) is 10.1 Å². The maximum absolute atomic E-state index is 16.3. The van der Waals surface area contributed by atoms with Crippen LogP contribution in [0.5, 0.6) is 0 Å². The number of hydrogen-bond acceptors (Lipinski definition) is 2. The summed E-state index contributed by atoms with van der Waals surface area (Å²) in [5, 5.41) is 4.44. The van der Waals surface area contributed by atoms with Crippen LogP contribution in [0.15, 0.2) is 157 Å². The van der Waals surface area contributed by atoms with Gasteiger partial charge < -0.3 is 8.85 Å². The van der Waals surface area contributed by atoms with Crippen molar-refractivity contribution in [1.82, 2.24) is 0 Å². The minimum Gasteiger partial charge on any atom is -0.404 e. The minimum atomic E-state index is -3.09. The standard InChI is InChI=1S/C59H79FO2Si2/c1-44(2)25-23-26-45(3)54-38-39-55-46(27-24-40-59(54,55)10)36-37-47-41-48(61-63(57(4,5)6,49-28-15-11-16-29-49)50-30-17-12-18-31-50)42-56(53(47)43-60)62-64(58(7,8)9,51-32-19-13-20-33-51)52-34-21-14-22-35-52/h11-22,28-37,43-45,48,54-56H,23-27,38-42H2,1-10H3/b46-36+,47-37-,53-43-/t45-,48-,54-,55+,56+,59-/m1/s1. The van der Waals surface area contributed by atoms with Crippen LogP contribution in [0, 0.1) is 29.1 Å². The van der Waals surface area contributed by atoms with Crippen molar-refractivity contribution in [1.29, 1.82) is 0 Å². The molecule has 0 unspecified atom stereocenters. The van der Waals surface area contributed by atoms with Crippen LogP contribution in [-0.4, -0.2) is 28.8 Å². The van der Waals surface area contributed by atoms with Crippen molar-refractivity contribution in [3.8, 4) is 0 Å². The van der Waals surface area contributed by atoms with E-state index in [0.717, 1.165) is 36.1 Å². The number of allylic oxidation sites excluding steroid dienone is 3. The average Bonchev–Trinajstić information content (AvgIpc) is 3.64. The van der Waals surface area contributed by atoms with E-state index in [1.54, 1.807) is 5.57 Å². The summed E-state index contributed by atoms with van der Waals surface area (Å²) in [5.41, 5.74) is 3.57. The normalized spacial score (nSPS) is 25.8. The molecular formula is C59H79FO2Si2. The second-order valence-corrected chi connectivity index (χ2v) is 31.0. The smallest absolute Gasteiger partial charge is 0.261 e. The number of hydrogen-bond donors (Lipinski definition) is 0. The van der Waals surface area contributed by atoms with Crippen LogP contribution in [0.1, 0.15) is 133 Å². The van der Waals surface area contributed by atoms with Crippen LogP contribution >= 0.6 is 0 Å². The van der Waals surface area contributed by atoms with Gasteiger partial charge in [0.1, 0.15) is 0 Å². The largest absolute Gasteiger partial charge is 0.404 e. The Bertz CT molecular complexity index is 2120. The molecule has 0 amide bonds. The summed E-state index contributed by atoms with van der Waals surface area (Å²) in [7, 11) is -6.06. The molecule has 342 valence electrons. The Labute approximate surface area is 390 Å². The summed E-state index contributed by atoms with van der Waals surface area (Å²) in [6.45, 7) is 23.9. The molecule has 0 aromatic heterocycles. The summed E-state index contributed by atoms with van der Waals surface area (Å²) in [4.78, 5) is 0. The Morgan fingerprint density at radius 1 is 0.672 bits per heavy atom. The zero-order valence-electron chi connectivity index (χ0n) is 41.0. The summed E-state index contributed by atoms with van der Waals surface area (Å²) in [6.07, 6.45) is 16.3. The molecule has 0 N–H and O–H groups in total. The second-order valence-electron chi connectivity index (χ2n) is 22.5. The number of benzene rings is 4. The first-order chi connectivity index (χ1) is 30.5. The summed E-state index contributed by atoms with van der Waals surface area (Å²) in [6, 6.07) is 43.6. The van der Waals surface area contributed by atoms with Crippen LogP contribution in [-0.2, 0) is 8.85 Å². The maximum atomic E-state index is 16.3. The Balaban J connectivity index is 1.35. The summed E-state index contributed by atoms with van der Waals surface area (Å²) < 4.78 is 32.2. The van der Waals surface area contributed by atoms with E-state index in [2.05, 4.69) is 203 Å². The highest BCUT2D eigenvalue weighted by Gasteiger charge is 2.56. The molecule has 3 aliphatic rings. The van der Waals surface area contributed by atoms with E-state index in [9.17, 15) is 0 Å². The van der Waals surface area contributed by atoms with Gasteiger partial charge in [0.25, 0.3) is 16.6 Å². The number of fused-ring (bicyclic) bond motifs is 1. The van der Waals surface area contributed by atoms with Crippen molar-refractivity contribution in [2.45, 2.75) is 156 Å². The summed E-state index contributed by atoms with van der Waals surface area (Å²) >= 11 is 0. The van der Waals surface area contributed by atoms with E-state index in [1.807, 2.05) is 0 Å². The molecule has 0 saturated heterocycles. The van der Waals surface area contributed by atoms with E-state index < -0.39 is 22.7 Å². The fourth-order valence-corrected chi connectivity index (χ4v) is 22.2. The second kappa shape index (κ2) is 20.1. The topological polar surface area (TPSA) is 18.5 Å². The predicted molar refractivity (Wildman–Crippen MR) is 276 cm³/mol. The molecule has 64 heavy (non-hydrogen) atoms. The Hall–Kier alpha value is -3.62. The van der Waals surface area contributed by atoms with Crippen molar-refractivity contribution >= 4 is 37.4 Å². The van der Waals surface area contributed by atoms with Gasteiger partial charge in [0.15, 0.2) is 0 Å². The third-order valence-electron chi connectivity index (χ3n) is 15.9. The molecule has 7 rings (SSSR count). The zero-order valence-corrected chi connectivity index (χ0v) is 43.0. The quantitative estimate of drug-likeness (QED) is 0.117. The molecule has 4 aromatic carbocycles. The summed E-state index contributed by atoms with van der Waals surface area (Å²) in [5.74, 6) is 2.84. The first kappa shape index (κ1) is 48.3. The molecule has 2 nitrogen and oxygen atoms in total. The van der Waals surface area contributed by atoms with Gasteiger partial charge in [-0.15, -0.1) is 0 Å². The molecule has 0 aliphatic heterocycles. The molecule has 6 atom stereocenters.